The number of halogens is 1. The number of nitrogens with one attached hydrogen (secondary N) is 1. The molecular weight excluding hydrogens is 316 g/mol. The van der Waals surface area contributed by atoms with Crippen molar-refractivity contribution in [3.05, 3.63) is 46.5 Å². The second-order valence-corrected chi connectivity index (χ2v) is 6.34. The Balaban J connectivity index is 0.000000693. The van der Waals surface area contributed by atoms with E-state index in [9.17, 15) is 0 Å². The van der Waals surface area contributed by atoms with Crippen molar-refractivity contribution in [2.24, 2.45) is 4.99 Å². The second kappa shape index (κ2) is 6.55. The Morgan fingerprint density at radius 3 is 2.73 bits per heavy atom. The van der Waals surface area contributed by atoms with Crippen LogP contribution in [0.25, 0.3) is 21.4 Å². The van der Waals surface area contributed by atoms with Gasteiger partial charge in [-0.05, 0) is 42.0 Å². The quantitative estimate of drug-likeness (QED) is 0.701. The summed E-state index contributed by atoms with van der Waals surface area (Å²) in [6.45, 7) is 5.69. The molecule has 1 N–H and O–H groups in total. The van der Waals surface area contributed by atoms with Crippen molar-refractivity contribution in [2.45, 2.75) is 13.8 Å². The molecule has 3 aromatic rings. The van der Waals surface area contributed by atoms with Crippen molar-refractivity contribution < 1.29 is 4.42 Å². The highest BCUT2D eigenvalue weighted by atomic mass is 35.5. The van der Waals surface area contributed by atoms with Gasteiger partial charge in [0.05, 0.1) is 10.9 Å². The number of hydrogen-bond donors (Lipinski definition) is 1. The Kier molecular flexibility index (Phi) is 4.50. The zero-order valence-corrected chi connectivity index (χ0v) is 14.1. The molecule has 0 fully saturated rings. The number of benzene rings is 1. The van der Waals surface area contributed by atoms with Gasteiger partial charge in [0.15, 0.2) is 11.6 Å². The van der Waals surface area contributed by atoms with Crippen molar-refractivity contribution in [3.63, 3.8) is 0 Å². The second-order valence-electron chi connectivity index (χ2n) is 4.62. The van der Waals surface area contributed by atoms with Crippen molar-refractivity contribution in [2.75, 3.05) is 13.1 Å². The third-order valence-corrected chi connectivity index (χ3v) is 4.56. The van der Waals surface area contributed by atoms with E-state index in [0.717, 1.165) is 50.4 Å². The van der Waals surface area contributed by atoms with Gasteiger partial charge >= 0.3 is 0 Å². The van der Waals surface area contributed by atoms with Gasteiger partial charge in [-0.1, -0.05) is 25.4 Å². The van der Waals surface area contributed by atoms with Gasteiger partial charge in [0.1, 0.15) is 5.58 Å². The molecule has 22 heavy (non-hydrogen) atoms. The highest BCUT2D eigenvalue weighted by Crippen LogP contribution is 2.33. The highest BCUT2D eigenvalue weighted by Gasteiger charge is 2.14. The van der Waals surface area contributed by atoms with E-state index in [4.69, 9.17) is 16.0 Å². The monoisotopic (exact) mass is 332 g/mol. The maximum absolute atomic E-state index is 5.99. The molecule has 3 heterocycles. The summed E-state index contributed by atoms with van der Waals surface area (Å²) in [5.74, 6) is 1.65. The number of thiophene rings is 1. The predicted molar refractivity (Wildman–Crippen MR) is 95.3 cm³/mol. The van der Waals surface area contributed by atoms with Crippen LogP contribution in [-0.2, 0) is 0 Å². The van der Waals surface area contributed by atoms with Gasteiger partial charge in [-0.15, -0.1) is 11.3 Å². The van der Waals surface area contributed by atoms with Gasteiger partial charge in [-0.25, -0.2) is 0 Å². The van der Waals surface area contributed by atoms with Crippen LogP contribution in [0, 0.1) is 0 Å². The van der Waals surface area contributed by atoms with E-state index in [2.05, 4.69) is 22.4 Å². The van der Waals surface area contributed by atoms with Gasteiger partial charge < -0.3 is 9.73 Å². The van der Waals surface area contributed by atoms with E-state index in [1.165, 1.54) is 0 Å². The lowest BCUT2D eigenvalue weighted by molar-refractivity contribution is 0.602. The molecule has 1 aliphatic heterocycles. The average molecular weight is 333 g/mol. The fourth-order valence-electron chi connectivity index (χ4n) is 2.35. The van der Waals surface area contributed by atoms with Gasteiger partial charge in [0.2, 0.25) is 0 Å². The van der Waals surface area contributed by atoms with Crippen LogP contribution in [0.1, 0.15) is 19.6 Å². The normalized spacial score (nSPS) is 13.5. The molecule has 0 spiro atoms. The molecule has 0 radical (unpaired) electrons. The number of aliphatic imine (C=N–C) groups is 1. The summed E-state index contributed by atoms with van der Waals surface area (Å²) in [6.07, 6.45) is 0. The van der Waals surface area contributed by atoms with Gasteiger partial charge in [-0.2, -0.15) is 0 Å². The lowest BCUT2D eigenvalue weighted by Crippen LogP contribution is -2.18. The van der Waals surface area contributed by atoms with Gasteiger partial charge in [0, 0.05) is 16.8 Å². The molecule has 1 aromatic carbocycles. The van der Waals surface area contributed by atoms with Crippen LogP contribution in [0.5, 0.6) is 0 Å². The highest BCUT2D eigenvalue weighted by molar-refractivity contribution is 7.19. The fourth-order valence-corrected chi connectivity index (χ4v) is 3.39. The number of fused-ring (bicyclic) bond motifs is 1. The number of rotatable bonds is 2. The number of hydrogen-bond acceptors (Lipinski definition) is 4. The zero-order valence-electron chi connectivity index (χ0n) is 12.5. The minimum atomic E-state index is 0.803. The van der Waals surface area contributed by atoms with E-state index in [0.29, 0.717) is 0 Å². The molecular formula is C17H17ClN2OS. The molecule has 0 unspecified atom stereocenters. The maximum atomic E-state index is 5.99. The van der Waals surface area contributed by atoms with Crippen LogP contribution in [0.15, 0.2) is 45.8 Å². The first-order valence-electron chi connectivity index (χ1n) is 7.37. The molecule has 1 aliphatic rings. The third-order valence-electron chi connectivity index (χ3n) is 3.28. The Bertz CT molecular complexity index is 819. The summed E-state index contributed by atoms with van der Waals surface area (Å²) in [6, 6.07) is 12.2. The summed E-state index contributed by atoms with van der Waals surface area (Å²) < 4.78 is 6.64. The summed E-state index contributed by atoms with van der Waals surface area (Å²) in [5.41, 5.74) is 2.03. The zero-order chi connectivity index (χ0) is 15.5. The van der Waals surface area contributed by atoms with E-state index < -0.39 is 0 Å². The van der Waals surface area contributed by atoms with Gasteiger partial charge in [0.25, 0.3) is 0 Å². The molecule has 0 saturated heterocycles. The number of amidine groups is 1. The molecule has 114 valence electrons. The third kappa shape index (κ3) is 2.89. The first kappa shape index (κ1) is 15.1. The molecule has 0 saturated carbocycles. The van der Waals surface area contributed by atoms with Crippen LogP contribution in [0.2, 0.25) is 4.34 Å². The molecule has 3 nitrogen and oxygen atoms in total. The van der Waals surface area contributed by atoms with E-state index in [-0.39, 0.29) is 0 Å². The van der Waals surface area contributed by atoms with Crippen molar-refractivity contribution in [1.29, 1.82) is 0 Å². The Morgan fingerprint density at radius 2 is 2.05 bits per heavy atom. The molecule has 0 atom stereocenters. The van der Waals surface area contributed by atoms with E-state index >= 15 is 0 Å². The first-order valence-corrected chi connectivity index (χ1v) is 8.57. The smallest absolute Gasteiger partial charge is 0.170 e. The van der Waals surface area contributed by atoms with Crippen LogP contribution in [-0.4, -0.2) is 18.9 Å². The first-order chi connectivity index (χ1) is 10.8. The standard InChI is InChI=1S/C15H11ClN2OS.C2H6/c16-14-4-3-13(20-14)9-1-2-11-10(7-9)8-12(19-11)15-17-5-6-18-15;1-2/h1-4,7-8H,5-6H2,(H,17,18);1-2H3. The number of nitrogens with zero attached hydrogens (tertiary/aromatic N) is 1. The number of furan rings is 1. The van der Waals surface area contributed by atoms with Crippen molar-refractivity contribution in [1.82, 2.24) is 5.32 Å². The van der Waals surface area contributed by atoms with Gasteiger partial charge in [-0.3, -0.25) is 4.99 Å². The van der Waals surface area contributed by atoms with Crippen LogP contribution in [0.4, 0.5) is 0 Å². The van der Waals surface area contributed by atoms with Crippen LogP contribution >= 0.6 is 22.9 Å². The minimum absolute atomic E-state index is 0.803. The maximum Gasteiger partial charge on any atom is 0.170 e. The molecule has 4 rings (SSSR count). The summed E-state index contributed by atoms with van der Waals surface area (Å²) in [7, 11) is 0. The minimum Gasteiger partial charge on any atom is -0.453 e. The predicted octanol–water partition coefficient (Wildman–Crippen LogP) is 5.19. The SMILES string of the molecule is CC.Clc1ccc(-c2ccc3oc(C4=NCCN4)cc3c2)s1. The van der Waals surface area contributed by atoms with Crippen molar-refractivity contribution >= 4 is 39.7 Å². The lowest BCUT2D eigenvalue weighted by atomic mass is 10.1. The molecule has 0 aliphatic carbocycles. The van der Waals surface area contributed by atoms with E-state index in [1.807, 2.05) is 38.1 Å². The Labute approximate surface area is 138 Å². The molecule has 0 bridgehead atoms. The van der Waals surface area contributed by atoms with Crippen LogP contribution in [0.3, 0.4) is 0 Å². The summed E-state index contributed by atoms with van der Waals surface area (Å²) in [4.78, 5) is 5.54. The summed E-state index contributed by atoms with van der Waals surface area (Å²) >= 11 is 7.57. The lowest BCUT2D eigenvalue weighted by Gasteiger charge is -1.96. The average Bonchev–Trinajstić information content (AvgIpc) is 3.28. The fraction of sp³-hybridized carbons (Fsp3) is 0.235. The van der Waals surface area contributed by atoms with Crippen LogP contribution < -0.4 is 5.32 Å². The molecule has 2 aromatic heterocycles. The Hall–Kier alpha value is -1.78. The van der Waals surface area contributed by atoms with E-state index in [1.54, 1.807) is 11.3 Å². The molecule has 0 amide bonds. The molecule has 5 heteroatoms. The Morgan fingerprint density at radius 1 is 1.18 bits per heavy atom. The largest absolute Gasteiger partial charge is 0.453 e. The van der Waals surface area contributed by atoms with Crippen molar-refractivity contribution in [3.8, 4) is 10.4 Å². The summed E-state index contributed by atoms with van der Waals surface area (Å²) in [5, 5.41) is 4.31. The topological polar surface area (TPSA) is 37.5 Å².